The van der Waals surface area contributed by atoms with Crippen LogP contribution in [0.1, 0.15) is 21.7 Å². The van der Waals surface area contributed by atoms with Gasteiger partial charge in [-0.15, -0.1) is 0 Å². The normalized spacial score (nSPS) is 10.8. The van der Waals surface area contributed by atoms with Gasteiger partial charge in [-0.2, -0.15) is 5.10 Å². The lowest BCUT2D eigenvalue weighted by Crippen LogP contribution is -2.13. The summed E-state index contributed by atoms with van der Waals surface area (Å²) in [6.07, 6.45) is 3.15. The molecule has 0 aliphatic rings. The molecule has 7 nitrogen and oxygen atoms in total. The summed E-state index contributed by atoms with van der Waals surface area (Å²) in [4.78, 5) is 16.8. The van der Waals surface area contributed by atoms with E-state index in [1.807, 2.05) is 36.4 Å². The van der Waals surface area contributed by atoms with E-state index < -0.39 is 0 Å². The second-order valence-corrected chi connectivity index (χ2v) is 6.59. The summed E-state index contributed by atoms with van der Waals surface area (Å²) < 4.78 is 6.98. The van der Waals surface area contributed by atoms with Crippen molar-refractivity contribution in [2.24, 2.45) is 0 Å². The van der Waals surface area contributed by atoms with Crippen molar-refractivity contribution in [2.75, 3.05) is 5.32 Å². The van der Waals surface area contributed by atoms with Crippen molar-refractivity contribution < 1.29 is 9.32 Å². The number of hydrogen-bond donors (Lipinski definition) is 1. The van der Waals surface area contributed by atoms with Crippen molar-refractivity contribution in [3.63, 3.8) is 0 Å². The number of carbonyl (C=O) groups excluding carboxylic acids is 1. The van der Waals surface area contributed by atoms with Crippen LogP contribution >= 0.6 is 11.6 Å². The molecule has 2 aromatic heterocycles. The van der Waals surface area contributed by atoms with Crippen LogP contribution in [0.5, 0.6) is 0 Å². The predicted molar refractivity (Wildman–Crippen MR) is 105 cm³/mol. The Hall–Kier alpha value is -3.45. The topological polar surface area (TPSA) is 85.8 Å². The van der Waals surface area contributed by atoms with Gasteiger partial charge in [0.15, 0.2) is 0 Å². The molecule has 140 valence electrons. The van der Waals surface area contributed by atoms with Crippen molar-refractivity contribution in [2.45, 2.75) is 13.5 Å². The average Bonchev–Trinajstić information content (AvgIpc) is 3.33. The van der Waals surface area contributed by atoms with Crippen LogP contribution in [0.3, 0.4) is 0 Å². The Morgan fingerprint density at radius 2 is 1.96 bits per heavy atom. The summed E-state index contributed by atoms with van der Waals surface area (Å²) in [7, 11) is 0. The van der Waals surface area contributed by atoms with Crippen LogP contribution in [0.4, 0.5) is 5.69 Å². The number of hydrogen-bond acceptors (Lipinski definition) is 5. The second kappa shape index (κ2) is 7.66. The van der Waals surface area contributed by atoms with Gasteiger partial charge in [-0.3, -0.25) is 4.79 Å². The SMILES string of the molecule is Cc1onc(-c2ccccc2Cl)c1C(=O)Nc1ccc(Cn2cncn2)cc1. The highest BCUT2D eigenvalue weighted by Crippen LogP contribution is 2.31. The molecule has 0 aliphatic heterocycles. The third-order valence-electron chi connectivity index (χ3n) is 4.24. The fourth-order valence-corrected chi connectivity index (χ4v) is 3.09. The van der Waals surface area contributed by atoms with Gasteiger partial charge in [-0.05, 0) is 30.7 Å². The van der Waals surface area contributed by atoms with E-state index >= 15 is 0 Å². The summed E-state index contributed by atoms with van der Waals surface area (Å²) >= 11 is 6.26. The molecule has 0 radical (unpaired) electrons. The van der Waals surface area contributed by atoms with E-state index in [1.54, 1.807) is 30.1 Å². The number of nitrogens with zero attached hydrogens (tertiary/aromatic N) is 4. The Morgan fingerprint density at radius 1 is 1.18 bits per heavy atom. The number of anilines is 1. The Labute approximate surface area is 166 Å². The first-order valence-electron chi connectivity index (χ1n) is 8.55. The predicted octanol–water partition coefficient (Wildman–Crippen LogP) is 4.20. The first-order valence-corrected chi connectivity index (χ1v) is 8.93. The Kier molecular flexibility index (Phi) is 4.90. The molecule has 0 saturated heterocycles. The van der Waals surface area contributed by atoms with Crippen LogP contribution in [0.25, 0.3) is 11.3 Å². The molecule has 0 aliphatic carbocycles. The van der Waals surface area contributed by atoms with Gasteiger partial charge in [0, 0.05) is 11.3 Å². The van der Waals surface area contributed by atoms with Crippen molar-refractivity contribution in [1.82, 2.24) is 19.9 Å². The molecule has 0 fully saturated rings. The van der Waals surface area contributed by atoms with Crippen LogP contribution in [0.2, 0.25) is 5.02 Å². The molecule has 4 aromatic rings. The summed E-state index contributed by atoms with van der Waals surface area (Å²) in [5.41, 5.74) is 3.14. The molecule has 1 N–H and O–H groups in total. The number of carbonyl (C=O) groups is 1. The molecule has 4 rings (SSSR count). The minimum absolute atomic E-state index is 0.308. The minimum atomic E-state index is -0.308. The zero-order valence-corrected chi connectivity index (χ0v) is 15.7. The zero-order valence-electron chi connectivity index (χ0n) is 15.0. The molecule has 0 spiro atoms. The zero-order chi connectivity index (χ0) is 19.5. The molecule has 8 heteroatoms. The third kappa shape index (κ3) is 3.65. The largest absolute Gasteiger partial charge is 0.360 e. The van der Waals surface area contributed by atoms with Crippen molar-refractivity contribution in [1.29, 1.82) is 0 Å². The van der Waals surface area contributed by atoms with Crippen molar-refractivity contribution >= 4 is 23.2 Å². The van der Waals surface area contributed by atoms with Gasteiger partial charge in [0.05, 0.1) is 11.6 Å². The van der Waals surface area contributed by atoms with E-state index in [9.17, 15) is 4.79 Å². The number of rotatable bonds is 5. The Bertz CT molecular complexity index is 1100. The molecule has 2 heterocycles. The van der Waals surface area contributed by atoms with Crippen molar-refractivity contribution in [3.05, 3.63) is 83.1 Å². The van der Waals surface area contributed by atoms with Crippen LogP contribution in [0.15, 0.2) is 65.7 Å². The van der Waals surface area contributed by atoms with Crippen LogP contribution in [-0.2, 0) is 6.54 Å². The van der Waals surface area contributed by atoms with Gasteiger partial charge in [-0.1, -0.05) is 47.1 Å². The van der Waals surface area contributed by atoms with Gasteiger partial charge >= 0.3 is 0 Å². The number of amides is 1. The molecular weight excluding hydrogens is 378 g/mol. The lowest BCUT2D eigenvalue weighted by Gasteiger charge is -2.08. The quantitative estimate of drug-likeness (QED) is 0.549. The smallest absolute Gasteiger partial charge is 0.261 e. The van der Waals surface area contributed by atoms with E-state index in [4.69, 9.17) is 16.1 Å². The number of halogens is 1. The Balaban J connectivity index is 1.54. The highest BCUT2D eigenvalue weighted by Gasteiger charge is 2.23. The van der Waals surface area contributed by atoms with Gasteiger partial charge < -0.3 is 9.84 Å². The van der Waals surface area contributed by atoms with Crippen LogP contribution < -0.4 is 5.32 Å². The molecular formula is C20H16ClN5O2. The van der Waals surface area contributed by atoms with E-state index in [0.29, 0.717) is 39.8 Å². The molecule has 0 unspecified atom stereocenters. The Morgan fingerprint density at radius 3 is 2.68 bits per heavy atom. The molecule has 1 amide bonds. The molecule has 28 heavy (non-hydrogen) atoms. The maximum Gasteiger partial charge on any atom is 0.261 e. The molecule has 0 atom stereocenters. The number of aromatic nitrogens is 4. The lowest BCUT2D eigenvalue weighted by atomic mass is 10.1. The fourth-order valence-electron chi connectivity index (χ4n) is 2.87. The highest BCUT2D eigenvalue weighted by atomic mass is 35.5. The highest BCUT2D eigenvalue weighted by molar-refractivity contribution is 6.33. The van der Waals surface area contributed by atoms with Gasteiger partial charge in [0.1, 0.15) is 29.7 Å². The fraction of sp³-hybridized carbons (Fsp3) is 0.100. The maximum atomic E-state index is 12.9. The van der Waals surface area contributed by atoms with E-state index in [2.05, 4.69) is 20.6 Å². The summed E-state index contributed by atoms with van der Waals surface area (Å²) in [6, 6.07) is 14.7. The number of benzene rings is 2. The second-order valence-electron chi connectivity index (χ2n) is 6.19. The van der Waals surface area contributed by atoms with Crippen LogP contribution in [0, 0.1) is 6.92 Å². The summed E-state index contributed by atoms with van der Waals surface area (Å²) in [5, 5.41) is 11.5. The minimum Gasteiger partial charge on any atom is -0.360 e. The number of nitrogens with one attached hydrogen (secondary N) is 1. The van der Waals surface area contributed by atoms with Crippen molar-refractivity contribution in [3.8, 4) is 11.3 Å². The standard InChI is InChI=1S/C20H16ClN5O2/c1-13-18(19(25-28-13)16-4-2-3-5-17(16)21)20(27)24-15-8-6-14(7-9-15)10-26-12-22-11-23-26/h2-9,11-12H,10H2,1H3,(H,24,27). The molecule has 2 aromatic carbocycles. The van der Waals surface area contributed by atoms with Gasteiger partial charge in [-0.25, -0.2) is 9.67 Å². The first kappa shape index (κ1) is 17.9. The first-order chi connectivity index (χ1) is 13.6. The third-order valence-corrected chi connectivity index (χ3v) is 4.57. The van der Waals surface area contributed by atoms with Gasteiger partial charge in [0.2, 0.25) is 0 Å². The van der Waals surface area contributed by atoms with E-state index in [1.165, 1.54) is 6.33 Å². The lowest BCUT2D eigenvalue weighted by molar-refractivity contribution is 0.102. The van der Waals surface area contributed by atoms with E-state index in [-0.39, 0.29) is 5.91 Å². The summed E-state index contributed by atoms with van der Waals surface area (Å²) in [5.74, 6) is 0.118. The average molecular weight is 394 g/mol. The number of aryl methyl sites for hydroxylation is 1. The van der Waals surface area contributed by atoms with Crippen LogP contribution in [-0.4, -0.2) is 25.8 Å². The monoisotopic (exact) mass is 393 g/mol. The van der Waals surface area contributed by atoms with Gasteiger partial charge in [0.25, 0.3) is 5.91 Å². The molecule has 0 bridgehead atoms. The maximum absolute atomic E-state index is 12.9. The summed E-state index contributed by atoms with van der Waals surface area (Å²) in [6.45, 7) is 2.30. The van der Waals surface area contributed by atoms with E-state index in [0.717, 1.165) is 5.56 Å². The molecule has 0 saturated carbocycles.